The maximum atomic E-state index is 13.2. The second-order valence-corrected chi connectivity index (χ2v) is 5.11. The number of rotatable bonds is 4. The molecule has 126 valence electrons. The minimum Gasteiger partial charge on any atom is -0.384 e. The van der Waals surface area contributed by atoms with Gasteiger partial charge in [-0.2, -0.15) is 13.2 Å². The zero-order chi connectivity index (χ0) is 17.0. The van der Waals surface area contributed by atoms with Crippen LogP contribution in [0.2, 0.25) is 0 Å². The summed E-state index contributed by atoms with van der Waals surface area (Å²) in [5.41, 5.74) is -1.13. The zero-order valence-corrected chi connectivity index (χ0v) is 12.5. The van der Waals surface area contributed by atoms with E-state index in [1.165, 1.54) is 30.2 Å². The fourth-order valence-corrected chi connectivity index (χ4v) is 2.57. The lowest BCUT2D eigenvalue weighted by Crippen LogP contribution is -2.52. The Morgan fingerprint density at radius 3 is 2.74 bits per heavy atom. The molecule has 1 aliphatic rings. The van der Waals surface area contributed by atoms with E-state index >= 15 is 0 Å². The van der Waals surface area contributed by atoms with Gasteiger partial charge in [0.2, 0.25) is 11.8 Å². The van der Waals surface area contributed by atoms with Crippen LogP contribution in [0.3, 0.4) is 0 Å². The Morgan fingerprint density at radius 2 is 2.09 bits per heavy atom. The summed E-state index contributed by atoms with van der Waals surface area (Å²) in [5.74, 6) is -1.03. The predicted octanol–water partition coefficient (Wildman–Crippen LogP) is 1.74. The molecule has 1 N–H and O–H groups in total. The number of carbonyl (C=O) groups is 2. The van der Waals surface area contributed by atoms with Crippen molar-refractivity contribution in [3.05, 3.63) is 35.4 Å². The van der Waals surface area contributed by atoms with Crippen LogP contribution in [0.25, 0.3) is 0 Å². The standard InChI is InChI=1S/C15H17F3N2O3/c1-23-9-6-12(21)20-8-7-19-14(22)13(20)10-4-2-3-5-11(10)15(16,17)18/h2-5,13H,6-9H2,1H3,(H,19,22)/t13-/m0/s1. The number of methoxy groups -OCH3 is 1. The number of halogens is 3. The van der Waals surface area contributed by atoms with Crippen LogP contribution in [0.4, 0.5) is 13.2 Å². The Kier molecular flexibility index (Phi) is 5.25. The number of carbonyl (C=O) groups excluding carboxylic acids is 2. The Labute approximate surface area is 131 Å². The molecule has 1 saturated heterocycles. The maximum Gasteiger partial charge on any atom is 0.416 e. The molecule has 2 rings (SSSR count). The molecule has 1 heterocycles. The molecule has 23 heavy (non-hydrogen) atoms. The third kappa shape index (κ3) is 3.82. The smallest absolute Gasteiger partial charge is 0.384 e. The van der Waals surface area contributed by atoms with Gasteiger partial charge in [-0.05, 0) is 11.6 Å². The van der Waals surface area contributed by atoms with Crippen LogP contribution in [0.15, 0.2) is 24.3 Å². The highest BCUT2D eigenvalue weighted by Gasteiger charge is 2.41. The molecule has 1 aromatic rings. The van der Waals surface area contributed by atoms with Crippen molar-refractivity contribution in [3.8, 4) is 0 Å². The Hall–Kier alpha value is -2.09. The number of hydrogen-bond donors (Lipinski definition) is 1. The van der Waals surface area contributed by atoms with Crippen LogP contribution in [0.1, 0.15) is 23.6 Å². The number of piperazine rings is 1. The van der Waals surface area contributed by atoms with Gasteiger partial charge in [0.15, 0.2) is 0 Å². The van der Waals surface area contributed by atoms with E-state index in [0.717, 1.165) is 6.07 Å². The summed E-state index contributed by atoms with van der Waals surface area (Å²) in [7, 11) is 1.42. The summed E-state index contributed by atoms with van der Waals surface area (Å²) < 4.78 is 44.4. The largest absolute Gasteiger partial charge is 0.416 e. The number of alkyl halides is 3. The van der Waals surface area contributed by atoms with Gasteiger partial charge in [-0.1, -0.05) is 18.2 Å². The van der Waals surface area contributed by atoms with Crippen molar-refractivity contribution in [2.24, 2.45) is 0 Å². The number of ether oxygens (including phenoxy) is 1. The lowest BCUT2D eigenvalue weighted by atomic mass is 9.96. The number of nitrogens with zero attached hydrogens (tertiary/aromatic N) is 1. The van der Waals surface area contributed by atoms with Crippen LogP contribution >= 0.6 is 0 Å². The molecule has 1 aliphatic heterocycles. The van der Waals surface area contributed by atoms with Gasteiger partial charge < -0.3 is 15.0 Å². The third-order valence-electron chi connectivity index (χ3n) is 3.61. The molecule has 0 aromatic heterocycles. The summed E-state index contributed by atoms with van der Waals surface area (Å²) in [6.07, 6.45) is -4.59. The van der Waals surface area contributed by atoms with E-state index in [9.17, 15) is 22.8 Å². The summed E-state index contributed by atoms with van der Waals surface area (Å²) in [6.45, 7) is 0.512. The van der Waals surface area contributed by atoms with E-state index in [0.29, 0.717) is 0 Å². The quantitative estimate of drug-likeness (QED) is 0.915. The first kappa shape index (κ1) is 17.3. The molecule has 0 spiro atoms. The van der Waals surface area contributed by atoms with Crippen LogP contribution in [0.5, 0.6) is 0 Å². The fourth-order valence-electron chi connectivity index (χ4n) is 2.57. The molecule has 0 unspecified atom stereocenters. The molecule has 0 aliphatic carbocycles. The lowest BCUT2D eigenvalue weighted by Gasteiger charge is -2.36. The van der Waals surface area contributed by atoms with Crippen molar-refractivity contribution in [3.63, 3.8) is 0 Å². The molecular weight excluding hydrogens is 313 g/mol. The lowest BCUT2D eigenvalue weighted by molar-refractivity contribution is -0.147. The Balaban J connectivity index is 2.40. The summed E-state index contributed by atoms with van der Waals surface area (Å²) in [4.78, 5) is 25.6. The van der Waals surface area contributed by atoms with Gasteiger partial charge in [0.25, 0.3) is 0 Å². The number of nitrogens with one attached hydrogen (secondary N) is 1. The molecular formula is C15H17F3N2O3. The van der Waals surface area contributed by atoms with Gasteiger partial charge in [-0.15, -0.1) is 0 Å². The van der Waals surface area contributed by atoms with Gasteiger partial charge >= 0.3 is 6.18 Å². The minimum atomic E-state index is -4.60. The maximum absolute atomic E-state index is 13.2. The molecule has 1 fully saturated rings. The highest BCUT2D eigenvalue weighted by Crippen LogP contribution is 2.37. The van der Waals surface area contributed by atoms with Crippen LogP contribution < -0.4 is 5.32 Å². The first-order valence-corrected chi connectivity index (χ1v) is 7.08. The van der Waals surface area contributed by atoms with E-state index < -0.39 is 29.6 Å². The van der Waals surface area contributed by atoms with Gasteiger partial charge in [-0.3, -0.25) is 9.59 Å². The van der Waals surface area contributed by atoms with Crippen molar-refractivity contribution < 1.29 is 27.5 Å². The molecule has 0 radical (unpaired) electrons. The van der Waals surface area contributed by atoms with Gasteiger partial charge in [-0.25, -0.2) is 0 Å². The fraction of sp³-hybridized carbons (Fsp3) is 0.467. The monoisotopic (exact) mass is 330 g/mol. The molecule has 8 heteroatoms. The normalized spacial score (nSPS) is 18.7. The number of hydrogen-bond acceptors (Lipinski definition) is 3. The molecule has 0 bridgehead atoms. The van der Waals surface area contributed by atoms with E-state index in [2.05, 4.69) is 5.32 Å². The second-order valence-electron chi connectivity index (χ2n) is 5.11. The van der Waals surface area contributed by atoms with Gasteiger partial charge in [0.1, 0.15) is 6.04 Å². The van der Waals surface area contributed by atoms with E-state index in [4.69, 9.17) is 4.74 Å². The minimum absolute atomic E-state index is 0.00840. The average Bonchev–Trinajstić information content (AvgIpc) is 2.51. The predicted molar refractivity (Wildman–Crippen MR) is 75.4 cm³/mol. The SMILES string of the molecule is COCCC(=O)N1CCNC(=O)[C@@H]1c1ccccc1C(F)(F)F. The molecule has 5 nitrogen and oxygen atoms in total. The third-order valence-corrected chi connectivity index (χ3v) is 3.61. The van der Waals surface area contributed by atoms with E-state index in [-0.39, 0.29) is 31.7 Å². The van der Waals surface area contributed by atoms with E-state index in [1.54, 1.807) is 0 Å². The van der Waals surface area contributed by atoms with Crippen LogP contribution in [-0.2, 0) is 20.5 Å². The van der Waals surface area contributed by atoms with Gasteiger partial charge in [0, 0.05) is 20.2 Å². The highest BCUT2D eigenvalue weighted by atomic mass is 19.4. The molecule has 2 amide bonds. The summed E-state index contributed by atoms with van der Waals surface area (Å²) in [6, 6.07) is 3.53. The Bertz CT molecular complexity index is 590. The summed E-state index contributed by atoms with van der Waals surface area (Å²) >= 11 is 0. The summed E-state index contributed by atoms with van der Waals surface area (Å²) in [5, 5.41) is 2.52. The van der Waals surface area contributed by atoms with Crippen molar-refractivity contribution in [1.82, 2.24) is 10.2 Å². The topological polar surface area (TPSA) is 58.6 Å². The first-order chi connectivity index (χ1) is 10.9. The second kappa shape index (κ2) is 6.99. The van der Waals surface area contributed by atoms with Crippen molar-refractivity contribution in [2.75, 3.05) is 26.8 Å². The van der Waals surface area contributed by atoms with Crippen LogP contribution in [-0.4, -0.2) is 43.5 Å². The Morgan fingerprint density at radius 1 is 1.39 bits per heavy atom. The van der Waals surface area contributed by atoms with Crippen molar-refractivity contribution in [2.45, 2.75) is 18.6 Å². The molecule has 1 atom stereocenters. The molecule has 1 aromatic carbocycles. The van der Waals surface area contributed by atoms with Crippen molar-refractivity contribution >= 4 is 11.8 Å². The highest BCUT2D eigenvalue weighted by molar-refractivity contribution is 5.90. The number of benzene rings is 1. The zero-order valence-electron chi connectivity index (χ0n) is 12.5. The average molecular weight is 330 g/mol. The number of amides is 2. The van der Waals surface area contributed by atoms with Crippen LogP contribution in [0, 0.1) is 0 Å². The van der Waals surface area contributed by atoms with Gasteiger partial charge in [0.05, 0.1) is 18.6 Å². The van der Waals surface area contributed by atoms with E-state index in [1.807, 2.05) is 0 Å². The first-order valence-electron chi connectivity index (χ1n) is 7.08. The van der Waals surface area contributed by atoms with Crippen molar-refractivity contribution in [1.29, 1.82) is 0 Å². The molecule has 0 saturated carbocycles.